The Balaban J connectivity index is 1.58. The SMILES string of the molecule is Cc1cc(N(C)CCN(C)C)c(N)cc1Nc1nccc(-n2ccc3cccnc32)n1. The van der Waals surface area contributed by atoms with Crippen molar-refractivity contribution < 1.29 is 0 Å². The summed E-state index contributed by atoms with van der Waals surface area (Å²) in [6, 6.07) is 11.9. The second-order valence-electron chi connectivity index (χ2n) is 7.92. The normalized spacial score (nSPS) is 11.3. The van der Waals surface area contributed by atoms with Crippen molar-refractivity contribution in [2.24, 2.45) is 0 Å². The fraction of sp³-hybridized carbons (Fsp3) is 0.261. The Hall–Kier alpha value is -3.65. The molecule has 8 heteroatoms. The Morgan fingerprint density at radius 1 is 1.03 bits per heavy atom. The van der Waals surface area contributed by atoms with Gasteiger partial charge in [-0.3, -0.25) is 4.57 Å². The van der Waals surface area contributed by atoms with Gasteiger partial charge in [-0.2, -0.15) is 4.98 Å². The molecule has 0 spiro atoms. The zero-order valence-corrected chi connectivity index (χ0v) is 18.4. The van der Waals surface area contributed by atoms with Crippen LogP contribution in [-0.4, -0.2) is 58.7 Å². The molecule has 0 atom stereocenters. The zero-order chi connectivity index (χ0) is 22.0. The van der Waals surface area contributed by atoms with Crippen LogP contribution < -0.4 is 16.0 Å². The molecule has 0 saturated carbocycles. The van der Waals surface area contributed by atoms with Gasteiger partial charge in [-0.15, -0.1) is 0 Å². The van der Waals surface area contributed by atoms with Crippen LogP contribution >= 0.6 is 0 Å². The number of nitrogen functional groups attached to an aromatic ring is 1. The Morgan fingerprint density at radius 2 is 1.87 bits per heavy atom. The number of rotatable bonds is 7. The highest BCUT2D eigenvalue weighted by atomic mass is 15.2. The van der Waals surface area contributed by atoms with E-state index in [2.05, 4.69) is 64.2 Å². The zero-order valence-electron chi connectivity index (χ0n) is 18.4. The van der Waals surface area contributed by atoms with Crippen molar-refractivity contribution in [3.63, 3.8) is 0 Å². The predicted octanol–water partition coefficient (Wildman–Crippen LogP) is 3.45. The fourth-order valence-electron chi connectivity index (χ4n) is 3.46. The van der Waals surface area contributed by atoms with E-state index in [1.807, 2.05) is 41.1 Å². The van der Waals surface area contributed by atoms with Gasteiger partial charge >= 0.3 is 0 Å². The first-order chi connectivity index (χ1) is 14.9. The van der Waals surface area contributed by atoms with E-state index in [0.717, 1.165) is 46.9 Å². The Morgan fingerprint density at radius 3 is 2.68 bits per heavy atom. The third-order valence-corrected chi connectivity index (χ3v) is 5.25. The molecular formula is C23H28N8. The second-order valence-corrected chi connectivity index (χ2v) is 7.92. The molecule has 4 rings (SSSR count). The van der Waals surface area contributed by atoms with Crippen molar-refractivity contribution in [2.75, 3.05) is 50.2 Å². The number of nitrogens with two attached hydrogens (primary N) is 1. The lowest BCUT2D eigenvalue weighted by Crippen LogP contribution is -2.29. The Labute approximate surface area is 182 Å². The van der Waals surface area contributed by atoms with Crippen molar-refractivity contribution in [1.29, 1.82) is 0 Å². The van der Waals surface area contributed by atoms with Crippen LogP contribution in [0.15, 0.2) is 55.0 Å². The van der Waals surface area contributed by atoms with E-state index in [-0.39, 0.29) is 0 Å². The number of hydrogen-bond acceptors (Lipinski definition) is 7. The number of anilines is 4. The van der Waals surface area contributed by atoms with Crippen molar-refractivity contribution >= 4 is 34.0 Å². The number of likely N-dealkylation sites (N-methyl/N-ethyl adjacent to an activating group) is 2. The Bertz CT molecular complexity index is 1200. The van der Waals surface area contributed by atoms with E-state index in [0.29, 0.717) is 11.6 Å². The molecule has 0 fully saturated rings. The van der Waals surface area contributed by atoms with E-state index in [4.69, 9.17) is 5.73 Å². The summed E-state index contributed by atoms with van der Waals surface area (Å²) >= 11 is 0. The van der Waals surface area contributed by atoms with Crippen molar-refractivity contribution in [3.8, 4) is 5.82 Å². The lowest BCUT2D eigenvalue weighted by Gasteiger charge is -2.24. The van der Waals surface area contributed by atoms with Crippen LogP contribution in [0.3, 0.4) is 0 Å². The lowest BCUT2D eigenvalue weighted by atomic mass is 10.1. The van der Waals surface area contributed by atoms with E-state index < -0.39 is 0 Å². The van der Waals surface area contributed by atoms with Crippen molar-refractivity contribution in [3.05, 3.63) is 60.6 Å². The van der Waals surface area contributed by atoms with Crippen LogP contribution in [-0.2, 0) is 0 Å². The summed E-state index contributed by atoms with van der Waals surface area (Å²) in [5, 5.41) is 4.38. The van der Waals surface area contributed by atoms with Crippen LogP contribution in [0.2, 0.25) is 0 Å². The molecule has 0 unspecified atom stereocenters. The number of nitrogens with zero attached hydrogens (tertiary/aromatic N) is 6. The molecule has 0 aliphatic heterocycles. The highest BCUT2D eigenvalue weighted by Crippen LogP contribution is 2.30. The molecular weight excluding hydrogens is 388 g/mol. The van der Waals surface area contributed by atoms with Crippen LogP contribution in [0.5, 0.6) is 0 Å². The number of benzene rings is 1. The van der Waals surface area contributed by atoms with Crippen molar-refractivity contribution in [2.45, 2.75) is 6.92 Å². The van der Waals surface area contributed by atoms with Gasteiger partial charge < -0.3 is 20.9 Å². The molecule has 0 aliphatic rings. The first-order valence-electron chi connectivity index (χ1n) is 10.2. The quantitative estimate of drug-likeness (QED) is 0.446. The number of aromatic nitrogens is 4. The molecule has 3 heterocycles. The van der Waals surface area contributed by atoms with Crippen LogP contribution in [0, 0.1) is 6.92 Å². The topological polar surface area (TPSA) is 88.1 Å². The molecule has 3 N–H and O–H groups in total. The highest BCUT2D eigenvalue weighted by molar-refractivity contribution is 5.78. The van der Waals surface area contributed by atoms with Gasteiger partial charge in [0.1, 0.15) is 11.5 Å². The van der Waals surface area contributed by atoms with Gasteiger partial charge in [0, 0.05) is 49.8 Å². The largest absolute Gasteiger partial charge is 0.397 e. The van der Waals surface area contributed by atoms with Crippen molar-refractivity contribution in [1.82, 2.24) is 24.4 Å². The van der Waals surface area contributed by atoms with E-state index in [1.165, 1.54) is 0 Å². The highest BCUT2D eigenvalue weighted by Gasteiger charge is 2.12. The predicted molar refractivity (Wildman–Crippen MR) is 127 cm³/mol. The van der Waals surface area contributed by atoms with Gasteiger partial charge in [0.05, 0.1) is 11.4 Å². The van der Waals surface area contributed by atoms with Crippen LogP contribution in [0.1, 0.15) is 5.56 Å². The van der Waals surface area contributed by atoms with Gasteiger partial charge in [-0.25, -0.2) is 9.97 Å². The average molecular weight is 417 g/mol. The lowest BCUT2D eigenvalue weighted by molar-refractivity contribution is 0.416. The minimum Gasteiger partial charge on any atom is -0.397 e. The maximum Gasteiger partial charge on any atom is 0.229 e. The standard InChI is InChI=1S/C23H28N8/c1-16-14-20(30(4)13-12-29(2)3)18(24)15-19(16)27-23-26-10-7-21(28-23)31-11-8-17-6-5-9-25-22(17)31/h5-11,14-15H,12-13,24H2,1-4H3,(H,26,27,28). The molecule has 8 nitrogen and oxygen atoms in total. The molecule has 0 amide bonds. The summed E-state index contributed by atoms with van der Waals surface area (Å²) in [6.45, 7) is 3.91. The number of fused-ring (bicyclic) bond motifs is 1. The summed E-state index contributed by atoms with van der Waals surface area (Å²) in [7, 11) is 6.19. The van der Waals surface area contributed by atoms with Crippen LogP contribution in [0.25, 0.3) is 16.9 Å². The number of nitrogens with one attached hydrogen (secondary N) is 1. The number of hydrogen-bond donors (Lipinski definition) is 2. The van der Waals surface area contributed by atoms with E-state index >= 15 is 0 Å². The van der Waals surface area contributed by atoms with E-state index in [1.54, 1.807) is 12.4 Å². The maximum atomic E-state index is 6.37. The maximum absolute atomic E-state index is 6.37. The summed E-state index contributed by atoms with van der Waals surface area (Å²) in [4.78, 5) is 17.9. The second kappa shape index (κ2) is 8.61. The third-order valence-electron chi connectivity index (χ3n) is 5.25. The van der Waals surface area contributed by atoms with Crippen LogP contribution in [0.4, 0.5) is 23.0 Å². The van der Waals surface area contributed by atoms with Gasteiger partial charge in [-0.1, -0.05) is 0 Å². The summed E-state index contributed by atoms with van der Waals surface area (Å²) < 4.78 is 1.95. The fourth-order valence-corrected chi connectivity index (χ4v) is 3.46. The summed E-state index contributed by atoms with van der Waals surface area (Å²) in [5.41, 5.74) is 10.9. The molecule has 3 aromatic heterocycles. The van der Waals surface area contributed by atoms with E-state index in [9.17, 15) is 0 Å². The van der Waals surface area contributed by atoms with Gasteiger partial charge in [-0.05, 0) is 63.0 Å². The molecule has 31 heavy (non-hydrogen) atoms. The molecule has 0 radical (unpaired) electrons. The minimum atomic E-state index is 0.506. The number of pyridine rings is 1. The molecule has 4 aromatic rings. The Kier molecular flexibility index (Phi) is 5.73. The smallest absolute Gasteiger partial charge is 0.229 e. The number of aryl methyl sites for hydroxylation is 1. The van der Waals surface area contributed by atoms with Gasteiger partial charge in [0.25, 0.3) is 0 Å². The summed E-state index contributed by atoms with van der Waals surface area (Å²) in [5.74, 6) is 1.25. The first kappa shape index (κ1) is 20.6. The monoisotopic (exact) mass is 416 g/mol. The first-order valence-corrected chi connectivity index (χ1v) is 10.2. The molecule has 1 aromatic carbocycles. The average Bonchev–Trinajstić information content (AvgIpc) is 3.19. The molecule has 160 valence electrons. The van der Waals surface area contributed by atoms with Gasteiger partial charge in [0.2, 0.25) is 5.95 Å². The summed E-state index contributed by atoms with van der Waals surface area (Å²) in [6.07, 6.45) is 5.48. The third kappa shape index (κ3) is 4.44. The molecule has 0 saturated heterocycles. The molecule has 0 bridgehead atoms. The minimum absolute atomic E-state index is 0.506. The molecule has 0 aliphatic carbocycles. The van der Waals surface area contributed by atoms with Gasteiger partial charge in [0.15, 0.2) is 0 Å².